The lowest BCUT2D eigenvalue weighted by atomic mass is 9.32. The first-order chi connectivity index (χ1) is 36.0. The van der Waals surface area contributed by atoms with Gasteiger partial charge >= 0.3 is 0 Å². The highest BCUT2D eigenvalue weighted by Gasteiger charge is 2.50. The van der Waals surface area contributed by atoms with E-state index in [0.29, 0.717) is 0 Å². The van der Waals surface area contributed by atoms with E-state index in [4.69, 9.17) is 0 Å². The van der Waals surface area contributed by atoms with Crippen molar-refractivity contribution in [1.82, 2.24) is 0 Å². The van der Waals surface area contributed by atoms with Crippen molar-refractivity contribution in [3.8, 4) is 0 Å². The number of rotatable bonds is 4. The minimum Gasteiger partial charge on any atom is -0.311 e. The van der Waals surface area contributed by atoms with Crippen LogP contribution in [0.2, 0.25) is 0 Å². The Kier molecular flexibility index (Phi) is 9.39. The second-order valence-corrected chi connectivity index (χ2v) is 24.7. The van der Waals surface area contributed by atoms with Crippen molar-refractivity contribution < 1.29 is 0 Å². The maximum atomic E-state index is 2.66. The quantitative estimate of drug-likeness (QED) is 0.163. The van der Waals surface area contributed by atoms with Crippen LogP contribution >= 0.6 is 22.7 Å². The fourth-order valence-corrected chi connectivity index (χ4v) is 15.3. The summed E-state index contributed by atoms with van der Waals surface area (Å²) in [5.74, 6) is 0. The summed E-state index contributed by atoms with van der Waals surface area (Å²) >= 11 is 3.93. The Hall–Kier alpha value is -7.77. The number of hydrogen-bond donors (Lipinski definition) is 0. The number of fused-ring (bicyclic) bond motifs is 12. The van der Waals surface area contributed by atoms with Crippen LogP contribution in [-0.2, 0) is 10.8 Å². The van der Waals surface area contributed by atoms with Crippen molar-refractivity contribution in [2.24, 2.45) is 0 Å². The monoisotopic (exact) mass is 986 g/mol. The second kappa shape index (κ2) is 15.9. The van der Waals surface area contributed by atoms with Gasteiger partial charge in [0.25, 0.3) is 13.4 Å². The predicted octanol–water partition coefficient (Wildman–Crippen LogP) is 14.9. The molecule has 0 fully saturated rings. The van der Waals surface area contributed by atoms with Crippen LogP contribution in [0.3, 0.4) is 0 Å². The molecule has 0 bridgehead atoms. The largest absolute Gasteiger partial charge is 0.311 e. The Balaban J connectivity index is 1.04. The van der Waals surface area contributed by atoms with Gasteiger partial charge in [-0.2, -0.15) is 0 Å². The van der Waals surface area contributed by atoms with Crippen LogP contribution in [0.1, 0.15) is 52.7 Å². The van der Waals surface area contributed by atoms with E-state index in [0.717, 1.165) is 11.4 Å². The van der Waals surface area contributed by atoms with E-state index in [1.54, 1.807) is 0 Å². The van der Waals surface area contributed by atoms with Gasteiger partial charge in [0, 0.05) is 86.6 Å². The van der Waals surface area contributed by atoms with Crippen LogP contribution in [0.4, 0.5) is 68.2 Å². The van der Waals surface area contributed by atoms with Gasteiger partial charge in [-0.25, -0.2) is 0 Å². The molecule has 0 saturated heterocycles. The summed E-state index contributed by atoms with van der Waals surface area (Å²) in [4.78, 5) is 10.3. The van der Waals surface area contributed by atoms with Crippen LogP contribution in [0.15, 0.2) is 206 Å². The summed E-state index contributed by atoms with van der Waals surface area (Å²) < 4.78 is 5.38. The molecule has 2 aromatic heterocycles. The smallest absolute Gasteiger partial charge is 0.264 e. The average molecular weight is 987 g/mol. The molecule has 15 rings (SSSR count). The Bertz CT molecular complexity index is 3810. The zero-order chi connectivity index (χ0) is 49.8. The fourth-order valence-electron chi connectivity index (χ4n) is 12.7. The third-order valence-electron chi connectivity index (χ3n) is 16.1. The molecule has 0 atom stereocenters. The molecule has 0 saturated carbocycles. The number of anilines is 12. The molecule has 0 unspecified atom stereocenters. The molecule has 9 aromatic carbocycles. The molecule has 74 heavy (non-hydrogen) atoms. The number of hydrogen-bond acceptors (Lipinski definition) is 6. The van der Waals surface area contributed by atoms with E-state index in [-0.39, 0.29) is 24.3 Å². The van der Waals surface area contributed by atoms with Gasteiger partial charge in [-0.05, 0) is 135 Å². The van der Waals surface area contributed by atoms with Gasteiger partial charge in [-0.1, -0.05) is 157 Å². The number of thiophene rings is 2. The van der Waals surface area contributed by atoms with E-state index in [1.165, 1.54) is 120 Å². The van der Waals surface area contributed by atoms with E-state index in [9.17, 15) is 0 Å². The molecular formula is C66H52B2N4S2. The molecule has 354 valence electrons. The lowest BCUT2D eigenvalue weighted by Gasteiger charge is -2.46. The van der Waals surface area contributed by atoms with Gasteiger partial charge in [0.1, 0.15) is 0 Å². The lowest BCUT2D eigenvalue weighted by Crippen LogP contribution is -2.64. The van der Waals surface area contributed by atoms with Gasteiger partial charge in [0.2, 0.25) is 0 Å². The van der Waals surface area contributed by atoms with E-state index in [1.807, 2.05) is 22.7 Å². The first kappa shape index (κ1) is 43.8. The van der Waals surface area contributed by atoms with Gasteiger partial charge < -0.3 is 19.6 Å². The maximum Gasteiger partial charge on any atom is 0.264 e. The highest BCUT2D eigenvalue weighted by molar-refractivity contribution is 7.34. The SMILES string of the molecule is CC(C)(C)c1ccc(N2c3cccc4c3B(c3cc5c(cc3N4c3ccccc3)N(c3ccccc3)c3cccc4c3B5c3sc5ccccc5c3N4c3ccc(C(C)(C)C)cc3)c3sc4ccccc4c32)cc1. The Morgan fingerprint density at radius 3 is 1.07 bits per heavy atom. The predicted molar refractivity (Wildman–Crippen MR) is 323 cm³/mol. The summed E-state index contributed by atoms with van der Waals surface area (Å²) in [7, 11) is 0. The summed E-state index contributed by atoms with van der Waals surface area (Å²) in [6, 6.07) is 78.3. The molecular weight excluding hydrogens is 935 g/mol. The van der Waals surface area contributed by atoms with Gasteiger partial charge in [0.05, 0.1) is 11.4 Å². The van der Waals surface area contributed by atoms with Crippen molar-refractivity contribution in [3.63, 3.8) is 0 Å². The zero-order valence-corrected chi connectivity index (χ0v) is 44.0. The van der Waals surface area contributed by atoms with Crippen LogP contribution in [-0.4, -0.2) is 13.4 Å². The molecule has 11 aromatic rings. The van der Waals surface area contributed by atoms with E-state index in [2.05, 4.69) is 267 Å². The summed E-state index contributed by atoms with van der Waals surface area (Å²) in [5, 5.41) is 2.58. The highest BCUT2D eigenvalue weighted by Crippen LogP contribution is 2.52. The van der Waals surface area contributed by atoms with Crippen LogP contribution < -0.4 is 51.0 Å². The highest BCUT2D eigenvalue weighted by atomic mass is 32.1. The summed E-state index contributed by atoms with van der Waals surface area (Å²) in [5.41, 5.74) is 22.6. The molecule has 0 spiro atoms. The van der Waals surface area contributed by atoms with E-state index < -0.39 is 0 Å². The third-order valence-corrected chi connectivity index (χ3v) is 18.6. The van der Waals surface area contributed by atoms with Crippen LogP contribution in [0, 0.1) is 0 Å². The third kappa shape index (κ3) is 6.28. The molecule has 0 amide bonds. The molecule has 0 N–H and O–H groups in total. The zero-order valence-electron chi connectivity index (χ0n) is 42.4. The Morgan fingerprint density at radius 1 is 0.324 bits per heavy atom. The van der Waals surface area contributed by atoms with Gasteiger partial charge in [0.15, 0.2) is 0 Å². The van der Waals surface area contributed by atoms with Crippen molar-refractivity contribution in [3.05, 3.63) is 217 Å². The number of benzene rings is 9. The summed E-state index contributed by atoms with van der Waals surface area (Å²) in [6.45, 7) is 13.8. The topological polar surface area (TPSA) is 13.0 Å². The molecule has 8 heteroatoms. The normalized spacial score (nSPS) is 14.2. The summed E-state index contributed by atoms with van der Waals surface area (Å²) in [6.07, 6.45) is 0. The minimum atomic E-state index is -0.0240. The number of nitrogens with zero attached hydrogens (tertiary/aromatic N) is 4. The first-order valence-electron chi connectivity index (χ1n) is 26.0. The molecule has 6 heterocycles. The molecule has 4 nitrogen and oxygen atoms in total. The van der Waals surface area contributed by atoms with Crippen molar-refractivity contribution in [2.45, 2.75) is 52.4 Å². The van der Waals surface area contributed by atoms with Gasteiger partial charge in [-0.3, -0.25) is 0 Å². The minimum absolute atomic E-state index is 0.0240. The van der Waals surface area contributed by atoms with Gasteiger partial charge in [-0.15, -0.1) is 22.7 Å². The molecule has 0 aliphatic carbocycles. The Morgan fingerprint density at radius 2 is 0.676 bits per heavy atom. The van der Waals surface area contributed by atoms with Crippen molar-refractivity contribution in [2.75, 3.05) is 19.6 Å². The number of para-hydroxylation sites is 2. The molecule has 0 radical (unpaired) electrons. The second-order valence-electron chi connectivity index (χ2n) is 22.5. The van der Waals surface area contributed by atoms with Crippen LogP contribution in [0.25, 0.3) is 20.2 Å². The molecule has 4 aliphatic rings. The molecule has 4 aliphatic heterocycles. The maximum absolute atomic E-state index is 2.66. The lowest BCUT2D eigenvalue weighted by molar-refractivity contribution is 0.590. The fraction of sp³-hybridized carbons (Fsp3) is 0.121. The first-order valence-corrected chi connectivity index (χ1v) is 27.6. The Labute approximate surface area is 442 Å². The van der Waals surface area contributed by atoms with Crippen molar-refractivity contribution in [1.29, 1.82) is 0 Å². The van der Waals surface area contributed by atoms with E-state index >= 15 is 0 Å². The van der Waals surface area contributed by atoms with Crippen LogP contribution in [0.5, 0.6) is 0 Å². The standard InChI is InChI=1S/C66H52B2N4S2/c1-65(2,3)41-31-35-45(36-32-41)71-53-27-17-25-51-59(53)67(63-61(71)47-23-13-15-29-57(47)73-63)49-39-50-56(40-55(49)69(51)43-19-9-7-10-20-43)70(44-21-11-8-12-22-44)52-26-18-28-54-60(52)68(50)64-62(48-24-14-16-30-58(48)74-64)72(54)46-37-33-42(34-38-46)66(4,5)6/h7-40H,1-6H3. The average Bonchev–Trinajstić information content (AvgIpc) is 4.00. The van der Waals surface area contributed by atoms with Crippen molar-refractivity contribution >= 4 is 156 Å².